The lowest BCUT2D eigenvalue weighted by Crippen LogP contribution is -2.44. The van der Waals surface area contributed by atoms with Gasteiger partial charge < -0.3 is 19.0 Å². The lowest BCUT2D eigenvalue weighted by molar-refractivity contribution is 0.00166. The maximum absolute atomic E-state index is 13.4. The molecule has 0 atom stereocenters. The summed E-state index contributed by atoms with van der Waals surface area (Å²) in [6, 6.07) is 7.35. The highest BCUT2D eigenvalue weighted by Crippen LogP contribution is 2.30. The zero-order valence-corrected chi connectivity index (χ0v) is 20.3. The van der Waals surface area contributed by atoms with Gasteiger partial charge in [0.15, 0.2) is 0 Å². The zero-order valence-electron chi connectivity index (χ0n) is 20.3. The number of aromatic hydroxyl groups is 1. The first-order chi connectivity index (χ1) is 15.7. The summed E-state index contributed by atoms with van der Waals surface area (Å²) in [5.41, 5.74) is 0.906. The molecule has 2 amide bonds. The Hall–Kier alpha value is -3.62. The summed E-state index contributed by atoms with van der Waals surface area (Å²) < 4.78 is 26.0. The molecule has 3 aromatic rings. The van der Waals surface area contributed by atoms with Gasteiger partial charge in [0.05, 0.1) is 0 Å². The summed E-state index contributed by atoms with van der Waals surface area (Å²) >= 11 is 0. The number of benzene rings is 1. The Bertz CT molecular complexity index is 1180. The molecule has 2 aromatic heterocycles. The third-order valence-corrected chi connectivity index (χ3v) is 4.67. The van der Waals surface area contributed by atoms with Crippen molar-refractivity contribution in [1.29, 1.82) is 0 Å². The third kappa shape index (κ3) is 6.24. The number of pyridine rings is 1. The molecule has 1 N–H and O–H groups in total. The van der Waals surface area contributed by atoms with Crippen molar-refractivity contribution in [2.24, 2.45) is 0 Å². The van der Waals surface area contributed by atoms with Gasteiger partial charge in [-0.1, -0.05) is 0 Å². The van der Waals surface area contributed by atoms with Crippen LogP contribution in [-0.2, 0) is 15.9 Å². The van der Waals surface area contributed by atoms with Gasteiger partial charge in [0, 0.05) is 48.2 Å². The number of ether oxygens (including phenoxy) is 2. The number of aromatic nitrogens is 2. The molecular weight excluding hydrogens is 441 g/mol. The molecule has 0 radical (unpaired) electrons. The van der Waals surface area contributed by atoms with Crippen LogP contribution < -0.4 is 0 Å². The molecule has 3 rings (SSSR count). The summed E-state index contributed by atoms with van der Waals surface area (Å²) in [4.78, 5) is 30.8. The lowest BCUT2D eigenvalue weighted by Gasteiger charge is -2.28. The molecule has 1 aromatic carbocycles. The largest absolute Gasteiger partial charge is 0.507 e. The number of nitrogens with zero attached hydrogens (tertiary/aromatic N) is 3. The van der Waals surface area contributed by atoms with Crippen LogP contribution in [0.15, 0.2) is 42.7 Å². The van der Waals surface area contributed by atoms with E-state index >= 15 is 0 Å². The van der Waals surface area contributed by atoms with E-state index in [1.165, 1.54) is 12.1 Å². The van der Waals surface area contributed by atoms with Gasteiger partial charge in [0.25, 0.3) is 0 Å². The van der Waals surface area contributed by atoms with Gasteiger partial charge in [-0.25, -0.2) is 23.9 Å². The Labute approximate surface area is 197 Å². The van der Waals surface area contributed by atoms with E-state index in [9.17, 15) is 19.1 Å². The maximum Gasteiger partial charge on any atom is 0.419 e. The Morgan fingerprint density at radius 3 is 2.21 bits per heavy atom. The molecule has 0 bridgehead atoms. The van der Waals surface area contributed by atoms with Crippen molar-refractivity contribution >= 4 is 17.8 Å². The highest BCUT2D eigenvalue weighted by molar-refractivity contribution is 5.88. The van der Waals surface area contributed by atoms with Crippen molar-refractivity contribution in [1.82, 2.24) is 14.3 Å². The molecule has 2 heterocycles. The molecule has 0 aliphatic heterocycles. The van der Waals surface area contributed by atoms with Crippen molar-refractivity contribution in [3.63, 3.8) is 0 Å². The molecule has 0 spiro atoms. The Morgan fingerprint density at radius 2 is 1.65 bits per heavy atom. The number of imide groups is 1. The van der Waals surface area contributed by atoms with Crippen molar-refractivity contribution in [3.05, 3.63) is 54.2 Å². The van der Waals surface area contributed by atoms with Crippen LogP contribution in [-0.4, -0.2) is 49.3 Å². The Balaban J connectivity index is 1.88. The highest BCUT2D eigenvalue weighted by atomic mass is 19.1. The number of carbonyl (C=O) groups is 2. The molecule has 0 saturated heterocycles. The van der Waals surface area contributed by atoms with Crippen LogP contribution in [0.3, 0.4) is 0 Å². The number of carbonyl (C=O) groups excluding carboxylic acids is 2. The van der Waals surface area contributed by atoms with Gasteiger partial charge in [-0.15, -0.1) is 0 Å². The summed E-state index contributed by atoms with van der Waals surface area (Å²) in [6.45, 7) is 10.3. The van der Waals surface area contributed by atoms with Crippen LogP contribution in [0.2, 0.25) is 0 Å². The quantitative estimate of drug-likeness (QED) is 0.535. The fourth-order valence-electron chi connectivity index (χ4n) is 3.24. The summed E-state index contributed by atoms with van der Waals surface area (Å²) in [5.74, 6) is -0.711. The molecule has 0 aliphatic carbocycles. The lowest BCUT2D eigenvalue weighted by atomic mass is 10.1. The molecule has 0 aliphatic rings. The summed E-state index contributed by atoms with van der Waals surface area (Å²) in [5, 5.41) is 10.1. The second-order valence-corrected chi connectivity index (χ2v) is 9.92. The van der Waals surface area contributed by atoms with E-state index in [2.05, 4.69) is 4.98 Å². The van der Waals surface area contributed by atoms with Gasteiger partial charge in [0.1, 0.15) is 28.4 Å². The third-order valence-electron chi connectivity index (χ3n) is 4.67. The number of hydrogen-bond acceptors (Lipinski definition) is 6. The van der Waals surface area contributed by atoms with E-state index < -0.39 is 29.2 Å². The minimum Gasteiger partial charge on any atom is -0.507 e. The van der Waals surface area contributed by atoms with Crippen LogP contribution in [0, 0.1) is 5.82 Å². The Kier molecular flexibility index (Phi) is 6.86. The van der Waals surface area contributed by atoms with E-state index in [0.717, 1.165) is 16.7 Å². The summed E-state index contributed by atoms with van der Waals surface area (Å²) in [7, 11) is 0. The predicted octanol–water partition coefficient (Wildman–Crippen LogP) is 5.56. The number of amides is 2. The molecule has 0 saturated carbocycles. The number of rotatable bonds is 4. The topological polar surface area (TPSA) is 93.4 Å². The van der Waals surface area contributed by atoms with Gasteiger partial charge in [-0.2, -0.15) is 0 Å². The van der Waals surface area contributed by atoms with E-state index in [1.807, 2.05) is 0 Å². The van der Waals surface area contributed by atoms with E-state index in [1.54, 1.807) is 70.5 Å². The molecule has 182 valence electrons. The molecule has 0 fully saturated rings. The van der Waals surface area contributed by atoms with Gasteiger partial charge in [-0.3, -0.25) is 0 Å². The van der Waals surface area contributed by atoms with E-state index in [-0.39, 0.29) is 18.7 Å². The normalized spacial score (nSPS) is 12.0. The van der Waals surface area contributed by atoms with Crippen LogP contribution in [0.4, 0.5) is 14.0 Å². The molecule has 8 nitrogen and oxygen atoms in total. The molecular formula is C25H30FN3O5. The monoisotopic (exact) mass is 471 g/mol. The van der Waals surface area contributed by atoms with Crippen molar-refractivity contribution in [2.45, 2.75) is 59.2 Å². The number of hydrogen-bond donors (Lipinski definition) is 1. The minimum atomic E-state index is -0.799. The van der Waals surface area contributed by atoms with Crippen LogP contribution in [0.5, 0.6) is 5.75 Å². The molecule has 34 heavy (non-hydrogen) atoms. The maximum atomic E-state index is 13.4. The van der Waals surface area contributed by atoms with Crippen LogP contribution in [0.25, 0.3) is 16.8 Å². The van der Waals surface area contributed by atoms with E-state index in [4.69, 9.17) is 9.47 Å². The fourth-order valence-corrected chi connectivity index (χ4v) is 3.24. The first kappa shape index (κ1) is 25.0. The van der Waals surface area contributed by atoms with Crippen molar-refractivity contribution < 1.29 is 28.6 Å². The summed E-state index contributed by atoms with van der Waals surface area (Å²) in [6.07, 6.45) is 2.08. The van der Waals surface area contributed by atoms with Crippen LogP contribution in [0.1, 0.15) is 47.2 Å². The average molecular weight is 472 g/mol. The van der Waals surface area contributed by atoms with Gasteiger partial charge in [-0.05, 0) is 65.8 Å². The Morgan fingerprint density at radius 1 is 1.03 bits per heavy atom. The minimum absolute atomic E-state index is 0.00362. The number of phenols is 1. The predicted molar refractivity (Wildman–Crippen MR) is 125 cm³/mol. The average Bonchev–Trinajstić information content (AvgIpc) is 3.07. The number of phenolic OH excluding ortho intramolecular Hbond substituents is 1. The highest BCUT2D eigenvalue weighted by Gasteiger charge is 2.31. The second-order valence-electron chi connectivity index (χ2n) is 9.92. The number of imidazole rings is 1. The first-order valence-electron chi connectivity index (χ1n) is 10.9. The number of halogens is 1. The van der Waals surface area contributed by atoms with Gasteiger partial charge in [0.2, 0.25) is 0 Å². The number of fused-ring (bicyclic) bond motifs is 1. The molecule has 0 unspecified atom stereocenters. The zero-order chi connectivity index (χ0) is 25.3. The van der Waals surface area contributed by atoms with Crippen LogP contribution >= 0.6 is 0 Å². The second kappa shape index (κ2) is 9.32. The SMILES string of the molecule is CC(C)(C)OC(=O)N(CCc1cnc2ccc(-c3ccc(F)cc3O)cn12)C(=O)OC(C)(C)C. The van der Waals surface area contributed by atoms with Crippen molar-refractivity contribution in [2.75, 3.05) is 6.54 Å². The van der Waals surface area contributed by atoms with Crippen molar-refractivity contribution in [3.8, 4) is 16.9 Å². The van der Waals surface area contributed by atoms with Gasteiger partial charge >= 0.3 is 12.2 Å². The first-order valence-corrected chi connectivity index (χ1v) is 10.9. The smallest absolute Gasteiger partial charge is 0.419 e. The standard InChI is InChI=1S/C25H30FN3O5/c1-24(2,3)33-22(31)28(23(32)34-25(4,5)6)12-11-18-14-27-21-10-7-16(15-29(18)21)19-9-8-17(26)13-20(19)30/h7-10,13-15,30H,11-12H2,1-6H3. The van der Waals surface area contributed by atoms with E-state index in [0.29, 0.717) is 16.8 Å². The fraction of sp³-hybridized carbons (Fsp3) is 0.400. The molecule has 9 heteroatoms.